The van der Waals surface area contributed by atoms with Gasteiger partial charge < -0.3 is 19.5 Å². The van der Waals surface area contributed by atoms with E-state index in [4.69, 9.17) is 14.2 Å². The molecule has 1 atom stereocenters. The minimum atomic E-state index is -0.536. The zero-order chi connectivity index (χ0) is 26.5. The zero-order valence-electron chi connectivity index (χ0n) is 22.8. The molecule has 0 saturated heterocycles. The Balaban J connectivity index is 2.35. The van der Waals surface area contributed by atoms with Gasteiger partial charge in [0.05, 0.1) is 31.5 Å². The Morgan fingerprint density at radius 3 is 2.31 bits per heavy atom. The Bertz CT molecular complexity index is 948. The van der Waals surface area contributed by atoms with Crippen LogP contribution in [0.15, 0.2) is 24.3 Å². The molecule has 0 bridgehead atoms. The van der Waals surface area contributed by atoms with Gasteiger partial charge in [0.25, 0.3) is 5.91 Å². The number of methoxy groups -OCH3 is 3. The van der Waals surface area contributed by atoms with Crippen LogP contribution in [0.2, 0.25) is 0 Å². The average molecular weight is 502 g/mol. The molecule has 1 heterocycles. The van der Waals surface area contributed by atoms with Crippen LogP contribution in [0.1, 0.15) is 76.2 Å². The van der Waals surface area contributed by atoms with Crippen LogP contribution in [0.25, 0.3) is 11.3 Å². The van der Waals surface area contributed by atoms with Crippen molar-refractivity contribution in [3.8, 4) is 22.8 Å². The summed E-state index contributed by atoms with van der Waals surface area (Å²) < 4.78 is 18.1. The monoisotopic (exact) mass is 501 g/mol. The summed E-state index contributed by atoms with van der Waals surface area (Å²) in [7, 11) is 4.83. The molecular formula is C28H43N3O5. The fraction of sp³-hybridized carbons (Fsp3) is 0.607. The van der Waals surface area contributed by atoms with Crippen LogP contribution in [0.5, 0.6) is 11.5 Å². The molecule has 0 radical (unpaired) electrons. The highest BCUT2D eigenvalue weighted by Gasteiger charge is 2.25. The maximum atomic E-state index is 13.3. The largest absolute Gasteiger partial charge is 0.496 e. The number of amides is 1. The number of aromatic nitrogens is 2. The molecule has 0 aliphatic rings. The third-order valence-corrected chi connectivity index (χ3v) is 6.05. The summed E-state index contributed by atoms with van der Waals surface area (Å²) in [5.74, 6) is 1.24. The Kier molecular flexibility index (Phi) is 12.5. The van der Waals surface area contributed by atoms with E-state index >= 15 is 0 Å². The molecule has 36 heavy (non-hydrogen) atoms. The lowest BCUT2D eigenvalue weighted by molar-refractivity contribution is -0.121. The summed E-state index contributed by atoms with van der Waals surface area (Å²) in [5, 5.41) is 7.61. The van der Waals surface area contributed by atoms with Crippen LogP contribution in [-0.4, -0.2) is 55.4 Å². The minimum Gasteiger partial charge on any atom is -0.496 e. The van der Waals surface area contributed by atoms with Gasteiger partial charge in [-0.1, -0.05) is 52.5 Å². The van der Waals surface area contributed by atoms with Gasteiger partial charge in [-0.05, 0) is 37.0 Å². The molecule has 1 N–H and O–H groups in total. The van der Waals surface area contributed by atoms with Gasteiger partial charge >= 0.3 is 0 Å². The van der Waals surface area contributed by atoms with Gasteiger partial charge in [0.15, 0.2) is 11.5 Å². The van der Waals surface area contributed by atoms with Gasteiger partial charge in [-0.15, -0.1) is 0 Å². The number of benzene rings is 1. The van der Waals surface area contributed by atoms with Gasteiger partial charge in [0.1, 0.15) is 11.5 Å². The summed E-state index contributed by atoms with van der Waals surface area (Å²) in [6.45, 7) is 7.47. The zero-order valence-corrected chi connectivity index (χ0v) is 22.8. The van der Waals surface area contributed by atoms with Crippen molar-refractivity contribution in [3.63, 3.8) is 0 Å². The van der Waals surface area contributed by atoms with E-state index in [0.717, 1.165) is 36.9 Å². The normalized spacial score (nSPS) is 12.0. The molecule has 1 aromatic heterocycles. The second kappa shape index (κ2) is 15.3. The first-order valence-corrected chi connectivity index (χ1v) is 13.0. The van der Waals surface area contributed by atoms with Crippen molar-refractivity contribution in [3.05, 3.63) is 30.0 Å². The highest BCUT2D eigenvalue weighted by atomic mass is 16.5. The number of hydrogen-bond donors (Lipinski definition) is 1. The van der Waals surface area contributed by atoms with E-state index in [1.807, 2.05) is 22.9 Å². The van der Waals surface area contributed by atoms with E-state index in [0.29, 0.717) is 49.8 Å². The standard InChI is InChI=1S/C28H43N3O5/c1-7-8-9-10-13-21(24(32)14-12-17-34-4)29-28(33)22-18-23(31(30-22)19-20(2)3)27-25(35-5)15-11-16-26(27)36-6/h11,15-16,18,20-21H,7-10,12-14,17,19H2,1-6H3,(H,29,33)/t21-/m0/s1. The minimum absolute atomic E-state index is 0.0325. The molecular weight excluding hydrogens is 458 g/mol. The molecule has 1 amide bonds. The van der Waals surface area contributed by atoms with Crippen molar-refractivity contribution in [2.75, 3.05) is 27.9 Å². The van der Waals surface area contributed by atoms with Gasteiger partial charge in [-0.2, -0.15) is 5.10 Å². The maximum Gasteiger partial charge on any atom is 0.272 e. The molecule has 0 fully saturated rings. The van der Waals surface area contributed by atoms with Gasteiger partial charge in [0.2, 0.25) is 0 Å². The Hall–Kier alpha value is -2.87. The molecule has 0 unspecified atom stereocenters. The molecule has 2 aromatic rings. The van der Waals surface area contributed by atoms with Crippen LogP contribution in [0.3, 0.4) is 0 Å². The molecule has 1 aromatic carbocycles. The Labute approximate surface area is 215 Å². The number of unbranched alkanes of at least 4 members (excludes halogenated alkanes) is 3. The quantitative estimate of drug-likeness (QED) is 0.296. The number of rotatable bonds is 17. The van der Waals surface area contributed by atoms with E-state index in [-0.39, 0.29) is 17.4 Å². The number of hydrogen-bond acceptors (Lipinski definition) is 6. The number of nitrogens with zero attached hydrogens (tertiary/aromatic N) is 2. The first-order chi connectivity index (χ1) is 17.4. The SMILES string of the molecule is CCCCCC[C@H](NC(=O)c1cc(-c2c(OC)cccc2OC)n(CC(C)C)n1)C(=O)CCCOC. The van der Waals surface area contributed by atoms with Crippen LogP contribution in [0, 0.1) is 5.92 Å². The van der Waals surface area contributed by atoms with Gasteiger partial charge in [-0.25, -0.2) is 0 Å². The van der Waals surface area contributed by atoms with E-state index < -0.39 is 6.04 Å². The second-order valence-electron chi connectivity index (χ2n) is 9.47. The van der Waals surface area contributed by atoms with Crippen LogP contribution in [-0.2, 0) is 16.1 Å². The predicted octanol–water partition coefficient (Wildman–Crippen LogP) is 5.29. The van der Waals surface area contributed by atoms with Crippen molar-refractivity contribution in [1.82, 2.24) is 15.1 Å². The second-order valence-corrected chi connectivity index (χ2v) is 9.47. The van der Waals surface area contributed by atoms with Crippen molar-refractivity contribution in [1.29, 1.82) is 0 Å². The number of nitrogens with one attached hydrogen (secondary N) is 1. The van der Waals surface area contributed by atoms with Crippen LogP contribution < -0.4 is 14.8 Å². The summed E-state index contributed by atoms with van der Waals surface area (Å²) >= 11 is 0. The summed E-state index contributed by atoms with van der Waals surface area (Å²) in [6, 6.07) is 6.79. The third-order valence-electron chi connectivity index (χ3n) is 6.05. The van der Waals surface area contributed by atoms with E-state index in [2.05, 4.69) is 31.2 Å². The first-order valence-electron chi connectivity index (χ1n) is 13.0. The topological polar surface area (TPSA) is 91.7 Å². The molecule has 0 aliphatic heterocycles. The fourth-order valence-electron chi connectivity index (χ4n) is 4.20. The highest BCUT2D eigenvalue weighted by Crippen LogP contribution is 2.38. The average Bonchev–Trinajstić information content (AvgIpc) is 3.27. The Morgan fingerprint density at radius 1 is 1.03 bits per heavy atom. The fourth-order valence-corrected chi connectivity index (χ4v) is 4.20. The van der Waals surface area contributed by atoms with Crippen LogP contribution >= 0.6 is 0 Å². The van der Waals surface area contributed by atoms with Gasteiger partial charge in [0, 0.05) is 26.7 Å². The first kappa shape index (κ1) is 29.4. The van der Waals surface area contributed by atoms with Crippen molar-refractivity contribution in [2.24, 2.45) is 5.92 Å². The number of Topliss-reactive ketones (excluding diaryl/α,β-unsaturated/α-hetero) is 1. The Morgan fingerprint density at radius 2 is 1.72 bits per heavy atom. The smallest absolute Gasteiger partial charge is 0.272 e. The number of ether oxygens (including phenoxy) is 3. The third kappa shape index (κ3) is 8.36. The van der Waals surface area contributed by atoms with E-state index in [1.54, 1.807) is 27.4 Å². The molecule has 200 valence electrons. The molecule has 8 heteroatoms. The summed E-state index contributed by atoms with van der Waals surface area (Å²) in [6.07, 6.45) is 5.78. The van der Waals surface area contributed by atoms with Crippen molar-refractivity contribution in [2.45, 2.75) is 78.3 Å². The summed E-state index contributed by atoms with van der Waals surface area (Å²) in [5.41, 5.74) is 1.73. The maximum absolute atomic E-state index is 13.3. The molecule has 0 spiro atoms. The number of carbonyl (C=O) groups is 2. The molecule has 2 rings (SSSR count). The predicted molar refractivity (Wildman–Crippen MR) is 142 cm³/mol. The molecule has 8 nitrogen and oxygen atoms in total. The lowest BCUT2D eigenvalue weighted by Crippen LogP contribution is -2.41. The van der Waals surface area contributed by atoms with Gasteiger partial charge in [-0.3, -0.25) is 14.3 Å². The van der Waals surface area contributed by atoms with Crippen molar-refractivity contribution < 1.29 is 23.8 Å². The number of ketones is 1. The van der Waals surface area contributed by atoms with E-state index in [1.165, 1.54) is 0 Å². The number of carbonyl (C=O) groups excluding carboxylic acids is 2. The van der Waals surface area contributed by atoms with E-state index in [9.17, 15) is 9.59 Å². The van der Waals surface area contributed by atoms with Crippen LogP contribution in [0.4, 0.5) is 0 Å². The highest BCUT2D eigenvalue weighted by molar-refractivity contribution is 5.97. The molecule has 0 saturated carbocycles. The molecule has 0 aliphatic carbocycles. The van der Waals surface area contributed by atoms with Crippen molar-refractivity contribution >= 4 is 11.7 Å². The lowest BCUT2D eigenvalue weighted by atomic mass is 10.0. The summed E-state index contributed by atoms with van der Waals surface area (Å²) in [4.78, 5) is 26.3. The lowest BCUT2D eigenvalue weighted by Gasteiger charge is -2.17.